The number of carbonyl (C=O) groups is 2. The van der Waals surface area contributed by atoms with Crippen LogP contribution in [0, 0.1) is 0 Å². The van der Waals surface area contributed by atoms with Crippen molar-refractivity contribution in [3.05, 3.63) is 52.0 Å². The maximum Gasteiger partial charge on any atom is 0.313 e. The maximum absolute atomic E-state index is 12.8. The average molecular weight is 332 g/mol. The number of fused-ring (bicyclic) bond motifs is 1. The van der Waals surface area contributed by atoms with E-state index in [-0.39, 0.29) is 12.5 Å². The molecule has 2 aromatic rings. The van der Waals surface area contributed by atoms with Gasteiger partial charge in [0.1, 0.15) is 5.92 Å². The van der Waals surface area contributed by atoms with Crippen LogP contribution in [0.5, 0.6) is 0 Å². The number of rotatable bonds is 4. The highest BCUT2D eigenvalue weighted by Crippen LogP contribution is 2.42. The number of nitrogens with zero attached hydrogens (tertiary/aromatic N) is 2. The van der Waals surface area contributed by atoms with E-state index in [1.165, 1.54) is 16.2 Å². The molecule has 1 aromatic heterocycles. The summed E-state index contributed by atoms with van der Waals surface area (Å²) >= 11 is 1.35. The van der Waals surface area contributed by atoms with Crippen molar-refractivity contribution in [2.24, 2.45) is 0 Å². The molecule has 23 heavy (non-hydrogen) atoms. The summed E-state index contributed by atoms with van der Waals surface area (Å²) in [4.78, 5) is 30.4. The summed E-state index contributed by atoms with van der Waals surface area (Å²) < 4.78 is 0. The molecule has 0 fully saturated rings. The van der Waals surface area contributed by atoms with Crippen molar-refractivity contribution in [1.82, 2.24) is 9.88 Å². The smallest absolute Gasteiger partial charge is 0.313 e. The first kappa shape index (κ1) is 15.6. The lowest BCUT2D eigenvalue weighted by atomic mass is 9.81. The van der Waals surface area contributed by atoms with Crippen LogP contribution in [0.2, 0.25) is 0 Å². The molecule has 1 amide bonds. The molecule has 0 saturated heterocycles. The third-order valence-electron chi connectivity index (χ3n) is 3.92. The van der Waals surface area contributed by atoms with E-state index in [2.05, 4.69) is 4.98 Å². The van der Waals surface area contributed by atoms with Crippen LogP contribution in [-0.2, 0) is 4.79 Å². The zero-order valence-electron chi connectivity index (χ0n) is 12.4. The highest BCUT2D eigenvalue weighted by Gasteiger charge is 2.45. The molecule has 0 spiro atoms. The van der Waals surface area contributed by atoms with E-state index < -0.39 is 24.0 Å². The van der Waals surface area contributed by atoms with Crippen LogP contribution >= 0.6 is 11.3 Å². The number of aliphatic carboxylic acids is 1. The topological polar surface area (TPSA) is 90.7 Å². The number of aliphatic hydroxyl groups is 1. The van der Waals surface area contributed by atoms with Gasteiger partial charge in [-0.1, -0.05) is 18.2 Å². The van der Waals surface area contributed by atoms with Gasteiger partial charge in [0.25, 0.3) is 5.91 Å². The number of thiazole rings is 1. The minimum atomic E-state index is -1.02. The van der Waals surface area contributed by atoms with Gasteiger partial charge in [-0.25, -0.2) is 4.98 Å². The zero-order chi connectivity index (χ0) is 16.6. The number of hydrogen-bond donors (Lipinski definition) is 2. The highest BCUT2D eigenvalue weighted by atomic mass is 32.1. The lowest BCUT2D eigenvalue weighted by molar-refractivity contribution is -0.140. The summed E-state index contributed by atoms with van der Waals surface area (Å²) in [5.41, 5.74) is 3.00. The molecule has 2 N–H and O–H groups in total. The van der Waals surface area contributed by atoms with E-state index in [1.807, 2.05) is 0 Å². The van der Waals surface area contributed by atoms with Crippen molar-refractivity contribution in [2.45, 2.75) is 25.0 Å². The number of carboxylic acid groups (broad SMARTS) is 1. The first-order chi connectivity index (χ1) is 11.0. The van der Waals surface area contributed by atoms with Crippen LogP contribution in [0.1, 0.15) is 40.5 Å². The van der Waals surface area contributed by atoms with Gasteiger partial charge in [-0.05, 0) is 18.6 Å². The number of carboxylic acids is 1. The summed E-state index contributed by atoms with van der Waals surface area (Å²) in [6.07, 6.45) is -0.764. The molecule has 1 aliphatic rings. The van der Waals surface area contributed by atoms with Gasteiger partial charge in [0, 0.05) is 17.5 Å². The number of amides is 1. The van der Waals surface area contributed by atoms with Gasteiger partial charge in [-0.15, -0.1) is 11.3 Å². The largest absolute Gasteiger partial charge is 0.481 e. The molecular formula is C16H16N2O4S. The Morgan fingerprint density at radius 2 is 2.17 bits per heavy atom. The second-order valence-corrected chi connectivity index (χ2v) is 6.29. The second-order valence-electron chi connectivity index (χ2n) is 5.57. The van der Waals surface area contributed by atoms with Crippen LogP contribution in [0.4, 0.5) is 0 Å². The van der Waals surface area contributed by atoms with Gasteiger partial charge < -0.3 is 15.1 Å². The molecule has 2 heterocycles. The molecule has 0 unspecified atom stereocenters. The minimum Gasteiger partial charge on any atom is -0.481 e. The standard InChI is InChI=1S/C16H16N2O4S/c1-9(19)6-18-14(12-7-23-8-17-12)13(16(21)22)10-4-2-3-5-11(10)15(18)20/h2-5,7-9,13-14,19H,6H2,1H3,(H,21,22)/t9-,13-,14+/m0/s1. The first-order valence-electron chi connectivity index (χ1n) is 7.19. The van der Waals surface area contributed by atoms with Crippen LogP contribution in [-0.4, -0.2) is 44.6 Å². The van der Waals surface area contributed by atoms with Crippen molar-refractivity contribution in [1.29, 1.82) is 0 Å². The minimum absolute atomic E-state index is 0.0547. The van der Waals surface area contributed by atoms with Crippen LogP contribution in [0.15, 0.2) is 35.2 Å². The second kappa shape index (κ2) is 6.10. The van der Waals surface area contributed by atoms with E-state index in [1.54, 1.807) is 42.1 Å². The van der Waals surface area contributed by atoms with E-state index in [4.69, 9.17) is 0 Å². The third kappa shape index (κ3) is 2.73. The van der Waals surface area contributed by atoms with Crippen molar-refractivity contribution in [2.75, 3.05) is 6.54 Å². The van der Waals surface area contributed by atoms with Gasteiger partial charge in [-0.2, -0.15) is 0 Å². The van der Waals surface area contributed by atoms with E-state index in [9.17, 15) is 19.8 Å². The molecule has 0 bridgehead atoms. The maximum atomic E-state index is 12.8. The van der Waals surface area contributed by atoms with Crippen molar-refractivity contribution in [3.63, 3.8) is 0 Å². The lowest BCUT2D eigenvalue weighted by Gasteiger charge is -2.40. The predicted molar refractivity (Wildman–Crippen MR) is 84.4 cm³/mol. The van der Waals surface area contributed by atoms with Gasteiger partial charge in [0.15, 0.2) is 0 Å². The van der Waals surface area contributed by atoms with Crippen molar-refractivity contribution < 1.29 is 19.8 Å². The fourth-order valence-corrected chi connectivity index (χ4v) is 3.62. The van der Waals surface area contributed by atoms with Crippen molar-refractivity contribution >= 4 is 23.2 Å². The first-order valence-corrected chi connectivity index (χ1v) is 8.14. The number of aromatic nitrogens is 1. The Balaban J connectivity index is 2.19. The SMILES string of the molecule is C[C@H](O)CN1C(=O)c2ccccc2[C@H](C(=O)O)[C@H]1c1cscn1. The summed E-state index contributed by atoms with van der Waals surface area (Å²) in [5.74, 6) is -2.21. The molecule has 3 atom stereocenters. The molecule has 6 nitrogen and oxygen atoms in total. The molecule has 0 aliphatic carbocycles. The Labute approximate surface area is 137 Å². The number of benzene rings is 1. The predicted octanol–water partition coefficient (Wildman–Crippen LogP) is 1.89. The molecule has 1 aromatic carbocycles. The van der Waals surface area contributed by atoms with Crippen LogP contribution < -0.4 is 0 Å². The van der Waals surface area contributed by atoms with Gasteiger partial charge >= 0.3 is 5.97 Å². The summed E-state index contributed by atoms with van der Waals surface area (Å²) in [6, 6.07) is 6.00. The Hall–Kier alpha value is -2.25. The Morgan fingerprint density at radius 1 is 1.43 bits per heavy atom. The van der Waals surface area contributed by atoms with E-state index in [0.29, 0.717) is 16.8 Å². The molecule has 1 aliphatic heterocycles. The Bertz CT molecular complexity index is 729. The van der Waals surface area contributed by atoms with Crippen LogP contribution in [0.3, 0.4) is 0 Å². The molecule has 3 rings (SSSR count). The Kier molecular flexibility index (Phi) is 4.14. The highest BCUT2D eigenvalue weighted by molar-refractivity contribution is 7.07. The number of aliphatic hydroxyl groups excluding tert-OH is 1. The number of hydrogen-bond acceptors (Lipinski definition) is 5. The normalized spacial score (nSPS) is 21.8. The molecular weight excluding hydrogens is 316 g/mol. The van der Waals surface area contributed by atoms with Gasteiger partial charge in [0.05, 0.1) is 23.4 Å². The Morgan fingerprint density at radius 3 is 2.78 bits per heavy atom. The summed E-state index contributed by atoms with van der Waals surface area (Å²) in [7, 11) is 0. The molecule has 7 heteroatoms. The number of carbonyl (C=O) groups excluding carboxylic acids is 1. The summed E-state index contributed by atoms with van der Waals surface area (Å²) in [5, 5.41) is 21.3. The number of β-amino-alcohol motifs (C(OH)–C–C–N with tert-alkyl or cyclic N) is 1. The monoisotopic (exact) mass is 332 g/mol. The van der Waals surface area contributed by atoms with E-state index in [0.717, 1.165) is 0 Å². The molecule has 0 radical (unpaired) electrons. The van der Waals surface area contributed by atoms with Crippen molar-refractivity contribution in [3.8, 4) is 0 Å². The zero-order valence-corrected chi connectivity index (χ0v) is 13.2. The summed E-state index contributed by atoms with van der Waals surface area (Å²) in [6.45, 7) is 1.63. The van der Waals surface area contributed by atoms with Gasteiger partial charge in [0.2, 0.25) is 0 Å². The van der Waals surface area contributed by atoms with Gasteiger partial charge in [-0.3, -0.25) is 9.59 Å². The fraction of sp³-hybridized carbons (Fsp3) is 0.312. The molecule has 120 valence electrons. The fourth-order valence-electron chi connectivity index (χ4n) is 3.04. The van der Waals surface area contributed by atoms with E-state index >= 15 is 0 Å². The van der Waals surface area contributed by atoms with Crippen LogP contribution in [0.25, 0.3) is 0 Å². The average Bonchev–Trinajstić information content (AvgIpc) is 3.03. The molecule has 0 saturated carbocycles. The quantitative estimate of drug-likeness (QED) is 0.892. The lowest BCUT2D eigenvalue weighted by Crippen LogP contribution is -2.47. The third-order valence-corrected chi connectivity index (χ3v) is 4.52.